The Bertz CT molecular complexity index is 571. The molecule has 1 aliphatic rings. The van der Waals surface area contributed by atoms with Gasteiger partial charge in [-0.1, -0.05) is 28.1 Å². The Kier molecular flexibility index (Phi) is 3.98. The molecule has 1 atom stereocenters. The number of aromatic nitrogens is 2. The topological polar surface area (TPSA) is 49.2 Å². The van der Waals surface area contributed by atoms with Crippen LogP contribution in [0.15, 0.2) is 41.1 Å². The summed E-state index contributed by atoms with van der Waals surface area (Å²) in [5.41, 5.74) is 2.10. The van der Waals surface area contributed by atoms with Crippen LogP contribution in [0.25, 0.3) is 11.1 Å². The highest BCUT2D eigenvalue weighted by atomic mass is 79.9. The number of hydrogen-bond donors (Lipinski definition) is 1. The SMILES string of the molecule is OCC1CCCN1c1ncc(-c2ccc(Br)cc2)cn1. The van der Waals surface area contributed by atoms with Crippen LogP contribution >= 0.6 is 15.9 Å². The predicted molar refractivity (Wildman–Crippen MR) is 82.6 cm³/mol. The number of aliphatic hydroxyl groups is 1. The van der Waals surface area contributed by atoms with Crippen molar-refractivity contribution in [3.8, 4) is 11.1 Å². The second-order valence-corrected chi connectivity index (χ2v) is 5.87. The molecule has 5 heteroatoms. The van der Waals surface area contributed by atoms with Gasteiger partial charge in [-0.2, -0.15) is 0 Å². The number of rotatable bonds is 3. The van der Waals surface area contributed by atoms with Crippen molar-refractivity contribution in [2.75, 3.05) is 18.1 Å². The molecule has 1 aromatic carbocycles. The Hall–Kier alpha value is -1.46. The van der Waals surface area contributed by atoms with E-state index in [4.69, 9.17) is 0 Å². The maximum absolute atomic E-state index is 9.35. The molecule has 20 heavy (non-hydrogen) atoms. The summed E-state index contributed by atoms with van der Waals surface area (Å²) >= 11 is 3.43. The number of hydrogen-bond acceptors (Lipinski definition) is 4. The molecule has 4 nitrogen and oxygen atoms in total. The summed E-state index contributed by atoms with van der Waals surface area (Å²) in [6, 6.07) is 8.24. The zero-order valence-electron chi connectivity index (χ0n) is 11.0. The molecular formula is C15H16BrN3O. The van der Waals surface area contributed by atoms with Crippen LogP contribution in [-0.4, -0.2) is 34.3 Å². The predicted octanol–water partition coefficient (Wildman–Crippen LogP) is 2.87. The molecule has 1 fully saturated rings. The van der Waals surface area contributed by atoms with E-state index < -0.39 is 0 Å². The van der Waals surface area contributed by atoms with Crippen LogP contribution in [0.2, 0.25) is 0 Å². The Morgan fingerprint density at radius 2 is 1.85 bits per heavy atom. The summed E-state index contributed by atoms with van der Waals surface area (Å²) in [5.74, 6) is 0.711. The Balaban J connectivity index is 1.82. The molecule has 1 saturated heterocycles. The fourth-order valence-electron chi connectivity index (χ4n) is 2.55. The van der Waals surface area contributed by atoms with E-state index in [1.165, 1.54) is 0 Å². The summed E-state index contributed by atoms with van der Waals surface area (Å²) in [6.45, 7) is 1.08. The fourth-order valence-corrected chi connectivity index (χ4v) is 2.81. The van der Waals surface area contributed by atoms with E-state index in [2.05, 4.69) is 30.8 Å². The minimum absolute atomic E-state index is 0.161. The lowest BCUT2D eigenvalue weighted by Crippen LogP contribution is -2.33. The Morgan fingerprint density at radius 1 is 1.15 bits per heavy atom. The third-order valence-corrected chi connectivity index (χ3v) is 4.19. The van der Waals surface area contributed by atoms with Crippen LogP contribution in [-0.2, 0) is 0 Å². The molecule has 3 rings (SSSR count). The second-order valence-electron chi connectivity index (χ2n) is 4.95. The van der Waals surface area contributed by atoms with Crippen LogP contribution < -0.4 is 4.90 Å². The molecule has 1 unspecified atom stereocenters. The largest absolute Gasteiger partial charge is 0.394 e. The highest BCUT2D eigenvalue weighted by Gasteiger charge is 2.25. The van der Waals surface area contributed by atoms with Crippen molar-refractivity contribution in [2.24, 2.45) is 0 Å². The number of halogens is 1. The van der Waals surface area contributed by atoms with E-state index in [1.54, 1.807) is 0 Å². The van der Waals surface area contributed by atoms with E-state index in [0.717, 1.165) is 35.0 Å². The van der Waals surface area contributed by atoms with Crippen LogP contribution in [0.1, 0.15) is 12.8 Å². The second kappa shape index (κ2) is 5.89. The molecule has 2 heterocycles. The van der Waals surface area contributed by atoms with Crippen LogP contribution in [0.4, 0.5) is 5.95 Å². The third-order valence-electron chi connectivity index (χ3n) is 3.66. The normalized spacial score (nSPS) is 18.5. The molecule has 2 aromatic rings. The summed E-state index contributed by atoms with van der Waals surface area (Å²) in [4.78, 5) is 11.0. The molecule has 1 aliphatic heterocycles. The molecule has 1 aromatic heterocycles. The Morgan fingerprint density at radius 3 is 2.50 bits per heavy atom. The van der Waals surface area contributed by atoms with Crippen molar-refractivity contribution < 1.29 is 5.11 Å². The number of benzene rings is 1. The third kappa shape index (κ3) is 2.69. The van der Waals surface area contributed by atoms with Gasteiger partial charge in [0.1, 0.15) is 0 Å². The van der Waals surface area contributed by atoms with Crippen molar-refractivity contribution in [1.82, 2.24) is 9.97 Å². The molecule has 0 spiro atoms. The summed E-state index contributed by atoms with van der Waals surface area (Å²) < 4.78 is 1.06. The molecule has 104 valence electrons. The van der Waals surface area contributed by atoms with Gasteiger partial charge in [-0.25, -0.2) is 9.97 Å². The fraction of sp³-hybridized carbons (Fsp3) is 0.333. The lowest BCUT2D eigenvalue weighted by Gasteiger charge is -2.22. The lowest BCUT2D eigenvalue weighted by molar-refractivity contribution is 0.265. The van der Waals surface area contributed by atoms with Gasteiger partial charge in [-0.3, -0.25) is 0 Å². The Labute approximate surface area is 126 Å². The minimum Gasteiger partial charge on any atom is -0.394 e. The van der Waals surface area contributed by atoms with Crippen molar-refractivity contribution in [1.29, 1.82) is 0 Å². The average molecular weight is 334 g/mol. The zero-order chi connectivity index (χ0) is 13.9. The zero-order valence-corrected chi connectivity index (χ0v) is 12.6. The monoisotopic (exact) mass is 333 g/mol. The van der Waals surface area contributed by atoms with Gasteiger partial charge in [0, 0.05) is 29.0 Å². The smallest absolute Gasteiger partial charge is 0.225 e. The van der Waals surface area contributed by atoms with Gasteiger partial charge in [-0.15, -0.1) is 0 Å². The maximum Gasteiger partial charge on any atom is 0.225 e. The molecule has 0 radical (unpaired) electrons. The maximum atomic E-state index is 9.35. The first-order valence-electron chi connectivity index (χ1n) is 6.73. The molecule has 0 aliphatic carbocycles. The van der Waals surface area contributed by atoms with E-state index in [-0.39, 0.29) is 12.6 Å². The highest BCUT2D eigenvalue weighted by Crippen LogP contribution is 2.24. The number of anilines is 1. The highest BCUT2D eigenvalue weighted by molar-refractivity contribution is 9.10. The van der Waals surface area contributed by atoms with Crippen LogP contribution in [0, 0.1) is 0 Å². The first kappa shape index (κ1) is 13.5. The quantitative estimate of drug-likeness (QED) is 0.938. The summed E-state index contributed by atoms with van der Waals surface area (Å²) in [7, 11) is 0. The van der Waals surface area contributed by atoms with Crippen molar-refractivity contribution >= 4 is 21.9 Å². The van der Waals surface area contributed by atoms with Crippen LogP contribution in [0.5, 0.6) is 0 Å². The van der Waals surface area contributed by atoms with Gasteiger partial charge in [0.25, 0.3) is 0 Å². The number of aliphatic hydroxyl groups excluding tert-OH is 1. The summed E-state index contributed by atoms with van der Waals surface area (Å²) in [5, 5.41) is 9.35. The van der Waals surface area contributed by atoms with Crippen LogP contribution in [0.3, 0.4) is 0 Å². The standard InChI is InChI=1S/C15H16BrN3O/c16-13-5-3-11(4-6-13)12-8-17-15(18-9-12)19-7-1-2-14(19)10-20/h3-6,8-9,14,20H,1-2,7,10H2. The average Bonchev–Trinajstić information content (AvgIpc) is 2.97. The van der Waals surface area contributed by atoms with Crippen molar-refractivity contribution in [3.63, 3.8) is 0 Å². The van der Waals surface area contributed by atoms with Gasteiger partial charge < -0.3 is 10.0 Å². The molecule has 0 saturated carbocycles. The minimum atomic E-state index is 0.161. The van der Waals surface area contributed by atoms with Crippen molar-refractivity contribution in [2.45, 2.75) is 18.9 Å². The van der Waals surface area contributed by atoms with Gasteiger partial charge >= 0.3 is 0 Å². The van der Waals surface area contributed by atoms with Gasteiger partial charge in [0.15, 0.2) is 0 Å². The van der Waals surface area contributed by atoms with Gasteiger partial charge in [-0.05, 0) is 30.5 Å². The summed E-state index contributed by atoms with van der Waals surface area (Å²) in [6.07, 6.45) is 5.79. The first-order chi connectivity index (χ1) is 9.78. The molecular weight excluding hydrogens is 318 g/mol. The van der Waals surface area contributed by atoms with Gasteiger partial charge in [0.2, 0.25) is 5.95 Å². The van der Waals surface area contributed by atoms with E-state index in [1.807, 2.05) is 36.7 Å². The molecule has 0 bridgehead atoms. The lowest BCUT2D eigenvalue weighted by atomic mass is 10.1. The molecule has 0 amide bonds. The van der Waals surface area contributed by atoms with E-state index in [9.17, 15) is 5.11 Å². The number of nitrogens with zero attached hydrogens (tertiary/aromatic N) is 3. The van der Waals surface area contributed by atoms with E-state index in [0.29, 0.717) is 5.95 Å². The van der Waals surface area contributed by atoms with Gasteiger partial charge in [0.05, 0.1) is 12.6 Å². The molecule has 1 N–H and O–H groups in total. The van der Waals surface area contributed by atoms with Crippen molar-refractivity contribution in [3.05, 3.63) is 41.1 Å². The van der Waals surface area contributed by atoms with E-state index >= 15 is 0 Å². The first-order valence-corrected chi connectivity index (χ1v) is 7.53.